The Morgan fingerprint density at radius 3 is 2.80 bits per heavy atom. The van der Waals surface area contributed by atoms with Gasteiger partial charge in [0.1, 0.15) is 4.21 Å². The second-order valence-corrected chi connectivity index (χ2v) is 7.32. The van der Waals surface area contributed by atoms with Crippen molar-refractivity contribution in [1.29, 1.82) is 0 Å². The van der Waals surface area contributed by atoms with Gasteiger partial charge in [0.25, 0.3) is 0 Å². The van der Waals surface area contributed by atoms with Crippen molar-refractivity contribution in [3.63, 3.8) is 0 Å². The molecular formula is C13H24N2O3S2. The maximum absolute atomic E-state index is 12.0. The molecule has 7 heteroatoms. The van der Waals surface area contributed by atoms with Crippen molar-refractivity contribution in [2.24, 2.45) is 0 Å². The molecule has 0 unspecified atom stereocenters. The van der Waals surface area contributed by atoms with Gasteiger partial charge in [-0.25, -0.2) is 13.1 Å². The van der Waals surface area contributed by atoms with E-state index in [1.54, 1.807) is 6.07 Å². The van der Waals surface area contributed by atoms with Gasteiger partial charge in [-0.2, -0.15) is 0 Å². The molecule has 0 amide bonds. The molecule has 0 radical (unpaired) electrons. The van der Waals surface area contributed by atoms with Crippen molar-refractivity contribution >= 4 is 21.4 Å². The van der Waals surface area contributed by atoms with Crippen molar-refractivity contribution in [3.05, 3.63) is 17.0 Å². The van der Waals surface area contributed by atoms with Crippen molar-refractivity contribution in [2.45, 2.75) is 37.4 Å². The van der Waals surface area contributed by atoms with E-state index in [2.05, 4.69) is 17.0 Å². The van der Waals surface area contributed by atoms with Crippen LogP contribution in [0.1, 0.15) is 32.3 Å². The second kappa shape index (κ2) is 9.46. The van der Waals surface area contributed by atoms with Gasteiger partial charge >= 0.3 is 0 Å². The van der Waals surface area contributed by atoms with Crippen LogP contribution in [-0.4, -0.2) is 34.7 Å². The van der Waals surface area contributed by atoms with Gasteiger partial charge in [0.05, 0.1) is 6.61 Å². The summed E-state index contributed by atoms with van der Waals surface area (Å²) in [5.41, 5.74) is 0.997. The molecule has 0 saturated carbocycles. The molecule has 116 valence electrons. The molecule has 1 aromatic rings. The van der Waals surface area contributed by atoms with E-state index in [0.29, 0.717) is 30.5 Å². The van der Waals surface area contributed by atoms with E-state index in [1.807, 2.05) is 12.3 Å². The summed E-state index contributed by atoms with van der Waals surface area (Å²) in [5.74, 6) is 0. The first-order chi connectivity index (χ1) is 9.60. The lowest BCUT2D eigenvalue weighted by atomic mass is 10.3. The van der Waals surface area contributed by atoms with Crippen LogP contribution in [0.15, 0.2) is 15.7 Å². The summed E-state index contributed by atoms with van der Waals surface area (Å²) in [6.07, 6.45) is 2.08. The molecule has 0 aliphatic carbocycles. The minimum absolute atomic E-state index is 0.312. The first kappa shape index (κ1) is 17.6. The highest BCUT2D eigenvalue weighted by atomic mass is 32.2. The number of nitrogens with one attached hydrogen (secondary N) is 2. The first-order valence-electron chi connectivity index (χ1n) is 6.95. The maximum Gasteiger partial charge on any atom is 0.250 e. The zero-order chi connectivity index (χ0) is 14.8. The van der Waals surface area contributed by atoms with E-state index in [0.717, 1.165) is 24.9 Å². The fraction of sp³-hybridized carbons (Fsp3) is 0.692. The highest BCUT2D eigenvalue weighted by Gasteiger charge is 2.15. The Kier molecular flexibility index (Phi) is 8.32. The number of hydrogen-bond acceptors (Lipinski definition) is 5. The van der Waals surface area contributed by atoms with Crippen LogP contribution in [0.3, 0.4) is 0 Å². The Morgan fingerprint density at radius 2 is 2.10 bits per heavy atom. The van der Waals surface area contributed by atoms with Crippen LogP contribution in [0.2, 0.25) is 0 Å². The minimum atomic E-state index is -3.40. The summed E-state index contributed by atoms with van der Waals surface area (Å²) < 4.78 is 32.3. The summed E-state index contributed by atoms with van der Waals surface area (Å²) in [5, 5.41) is 5.04. The van der Waals surface area contributed by atoms with Crippen molar-refractivity contribution in [1.82, 2.24) is 10.0 Å². The van der Waals surface area contributed by atoms with Gasteiger partial charge in [0, 0.05) is 19.7 Å². The topological polar surface area (TPSA) is 67.4 Å². The Labute approximate surface area is 125 Å². The molecule has 0 spiro atoms. The lowest BCUT2D eigenvalue weighted by molar-refractivity contribution is 0.136. The molecule has 1 aromatic heterocycles. The number of thiophene rings is 1. The van der Waals surface area contributed by atoms with E-state index in [9.17, 15) is 8.42 Å². The number of unbranched alkanes of at least 4 members (excludes halogenated alkanes) is 1. The van der Waals surface area contributed by atoms with Crippen molar-refractivity contribution < 1.29 is 13.2 Å². The lowest BCUT2D eigenvalue weighted by Gasteiger charge is -2.05. The molecule has 0 aromatic carbocycles. The molecule has 0 aliphatic heterocycles. The van der Waals surface area contributed by atoms with Crippen LogP contribution in [0.4, 0.5) is 0 Å². The summed E-state index contributed by atoms with van der Waals surface area (Å²) in [6, 6.07) is 1.72. The summed E-state index contributed by atoms with van der Waals surface area (Å²) >= 11 is 1.25. The molecule has 0 fully saturated rings. The van der Waals surface area contributed by atoms with Crippen LogP contribution in [0.25, 0.3) is 0 Å². The lowest BCUT2D eigenvalue weighted by Crippen LogP contribution is -2.27. The molecule has 1 heterocycles. The van der Waals surface area contributed by atoms with Gasteiger partial charge in [0.15, 0.2) is 0 Å². The zero-order valence-electron chi connectivity index (χ0n) is 12.1. The summed E-state index contributed by atoms with van der Waals surface area (Å²) in [4.78, 5) is 0. The van der Waals surface area contributed by atoms with Gasteiger partial charge < -0.3 is 10.1 Å². The SMILES string of the molecule is CCCCOCCNS(=O)(=O)c1cc(CNCC)cs1. The molecule has 20 heavy (non-hydrogen) atoms. The highest BCUT2D eigenvalue weighted by Crippen LogP contribution is 2.19. The predicted molar refractivity (Wildman–Crippen MR) is 82.6 cm³/mol. The monoisotopic (exact) mass is 320 g/mol. The largest absolute Gasteiger partial charge is 0.380 e. The Morgan fingerprint density at radius 1 is 1.30 bits per heavy atom. The van der Waals surface area contributed by atoms with E-state index in [4.69, 9.17) is 4.74 Å². The molecule has 2 N–H and O–H groups in total. The van der Waals surface area contributed by atoms with Gasteiger partial charge in [0.2, 0.25) is 10.0 Å². The Balaban J connectivity index is 2.38. The quantitative estimate of drug-likeness (QED) is 0.612. The third kappa shape index (κ3) is 6.32. The number of sulfonamides is 1. The highest BCUT2D eigenvalue weighted by molar-refractivity contribution is 7.91. The average molecular weight is 320 g/mol. The van der Waals surface area contributed by atoms with Crippen LogP contribution in [0, 0.1) is 0 Å². The fourth-order valence-corrected chi connectivity index (χ4v) is 3.79. The zero-order valence-corrected chi connectivity index (χ0v) is 13.8. The van der Waals surface area contributed by atoms with E-state index in [-0.39, 0.29) is 0 Å². The average Bonchev–Trinajstić information content (AvgIpc) is 2.90. The number of ether oxygens (including phenoxy) is 1. The van der Waals surface area contributed by atoms with Gasteiger partial charge in [-0.3, -0.25) is 0 Å². The first-order valence-corrected chi connectivity index (χ1v) is 9.32. The van der Waals surface area contributed by atoms with Crippen LogP contribution < -0.4 is 10.0 Å². The normalized spacial score (nSPS) is 11.9. The second-order valence-electron chi connectivity index (χ2n) is 4.42. The maximum atomic E-state index is 12.0. The van der Waals surface area contributed by atoms with Gasteiger partial charge in [-0.1, -0.05) is 20.3 Å². The third-order valence-electron chi connectivity index (χ3n) is 2.65. The molecular weight excluding hydrogens is 296 g/mol. The summed E-state index contributed by atoms with van der Waals surface area (Å²) in [7, 11) is -3.40. The predicted octanol–water partition coefficient (Wildman–Crippen LogP) is 1.95. The van der Waals surface area contributed by atoms with E-state index >= 15 is 0 Å². The Hall–Kier alpha value is -0.470. The molecule has 0 bridgehead atoms. The number of hydrogen-bond donors (Lipinski definition) is 2. The Bertz CT molecular complexity index is 472. The smallest absolute Gasteiger partial charge is 0.250 e. The van der Waals surface area contributed by atoms with Gasteiger partial charge in [-0.05, 0) is 30.0 Å². The van der Waals surface area contributed by atoms with Gasteiger partial charge in [-0.15, -0.1) is 11.3 Å². The minimum Gasteiger partial charge on any atom is -0.380 e. The molecule has 0 atom stereocenters. The van der Waals surface area contributed by atoms with Crippen LogP contribution >= 0.6 is 11.3 Å². The van der Waals surface area contributed by atoms with Crippen LogP contribution in [-0.2, 0) is 21.3 Å². The molecule has 1 rings (SSSR count). The van der Waals surface area contributed by atoms with Crippen LogP contribution in [0.5, 0.6) is 0 Å². The van der Waals surface area contributed by atoms with E-state index in [1.165, 1.54) is 11.3 Å². The van der Waals surface area contributed by atoms with Crippen molar-refractivity contribution in [2.75, 3.05) is 26.3 Å². The fourth-order valence-electron chi connectivity index (χ4n) is 1.52. The molecule has 5 nitrogen and oxygen atoms in total. The molecule has 0 aliphatic rings. The summed E-state index contributed by atoms with van der Waals surface area (Å²) in [6.45, 7) is 7.08. The van der Waals surface area contributed by atoms with E-state index < -0.39 is 10.0 Å². The number of rotatable bonds is 11. The van der Waals surface area contributed by atoms with Crippen molar-refractivity contribution in [3.8, 4) is 0 Å². The standard InChI is InChI=1S/C13H24N2O3S2/c1-3-5-7-18-8-6-15-20(16,17)13-9-12(11-19-13)10-14-4-2/h9,11,14-15H,3-8,10H2,1-2H3. The molecule has 0 saturated heterocycles. The third-order valence-corrected chi connectivity index (χ3v) is 5.60.